The number of halogens is 2. The summed E-state index contributed by atoms with van der Waals surface area (Å²) >= 11 is 6.04. The number of benzene rings is 1. The summed E-state index contributed by atoms with van der Waals surface area (Å²) in [6.07, 6.45) is 5.75. The van der Waals surface area contributed by atoms with Crippen LogP contribution in [0.5, 0.6) is 0 Å². The van der Waals surface area contributed by atoms with Crippen molar-refractivity contribution in [1.29, 1.82) is 0 Å². The van der Waals surface area contributed by atoms with Gasteiger partial charge in [-0.15, -0.1) is 0 Å². The van der Waals surface area contributed by atoms with Gasteiger partial charge >= 0.3 is 0 Å². The topological polar surface area (TPSA) is 26.0 Å². The Hall–Kier alpha value is -0.600. The lowest BCUT2D eigenvalue weighted by Gasteiger charge is -2.20. The Morgan fingerprint density at radius 1 is 1.44 bits per heavy atom. The normalized spacial score (nSPS) is 25.3. The minimum absolute atomic E-state index is 0.143. The standard InChI is InChI=1S/C15H21ClFN/c1-2-10-3-4-12(7-10)15(18)8-11-5-6-13(17)9-14(11)16/h5-6,9-10,12,15H,2-4,7-8,18H2,1H3. The smallest absolute Gasteiger partial charge is 0.124 e. The second kappa shape index (κ2) is 6.03. The summed E-state index contributed by atoms with van der Waals surface area (Å²) in [5, 5.41) is 0.496. The van der Waals surface area contributed by atoms with Crippen LogP contribution in [0.4, 0.5) is 4.39 Å². The lowest BCUT2D eigenvalue weighted by atomic mass is 9.91. The van der Waals surface area contributed by atoms with Crippen molar-refractivity contribution in [2.75, 3.05) is 0 Å². The molecule has 1 aromatic rings. The van der Waals surface area contributed by atoms with E-state index in [-0.39, 0.29) is 11.9 Å². The molecule has 0 saturated heterocycles. The van der Waals surface area contributed by atoms with E-state index in [1.807, 2.05) is 0 Å². The van der Waals surface area contributed by atoms with Crippen LogP contribution >= 0.6 is 11.6 Å². The van der Waals surface area contributed by atoms with Gasteiger partial charge in [0.25, 0.3) is 0 Å². The van der Waals surface area contributed by atoms with Crippen LogP contribution in [0.15, 0.2) is 18.2 Å². The Bertz CT molecular complexity index is 407. The molecule has 1 aliphatic rings. The highest BCUT2D eigenvalue weighted by atomic mass is 35.5. The first-order valence-corrected chi connectivity index (χ1v) is 7.17. The Labute approximate surface area is 114 Å². The lowest BCUT2D eigenvalue weighted by Crippen LogP contribution is -2.31. The zero-order chi connectivity index (χ0) is 13.1. The highest BCUT2D eigenvalue weighted by Crippen LogP contribution is 2.35. The van der Waals surface area contributed by atoms with E-state index in [1.165, 1.54) is 37.8 Å². The third kappa shape index (κ3) is 3.24. The number of hydrogen-bond donors (Lipinski definition) is 1. The summed E-state index contributed by atoms with van der Waals surface area (Å²) in [6.45, 7) is 2.25. The summed E-state index contributed by atoms with van der Waals surface area (Å²) in [5.41, 5.74) is 7.25. The van der Waals surface area contributed by atoms with Crippen molar-refractivity contribution in [3.05, 3.63) is 34.6 Å². The Morgan fingerprint density at radius 2 is 2.22 bits per heavy atom. The molecular weight excluding hydrogens is 249 g/mol. The Kier molecular flexibility index (Phi) is 4.63. The van der Waals surface area contributed by atoms with Crippen molar-refractivity contribution >= 4 is 11.6 Å². The predicted octanol–water partition coefficient (Wildman–Crippen LogP) is 4.18. The minimum Gasteiger partial charge on any atom is -0.327 e. The molecule has 1 fully saturated rings. The van der Waals surface area contributed by atoms with Gasteiger partial charge in [-0.25, -0.2) is 4.39 Å². The van der Waals surface area contributed by atoms with E-state index >= 15 is 0 Å². The molecule has 0 bridgehead atoms. The molecule has 0 heterocycles. The SMILES string of the molecule is CCC1CCC(C(N)Cc2ccc(F)cc2Cl)C1. The molecule has 2 N–H and O–H groups in total. The van der Waals surface area contributed by atoms with E-state index in [4.69, 9.17) is 17.3 Å². The third-order valence-corrected chi connectivity index (χ3v) is 4.59. The quantitative estimate of drug-likeness (QED) is 0.872. The molecule has 0 aromatic heterocycles. The molecule has 0 aliphatic heterocycles. The molecule has 2 rings (SSSR count). The molecule has 0 radical (unpaired) electrons. The van der Waals surface area contributed by atoms with E-state index in [0.717, 1.165) is 17.9 Å². The fourth-order valence-electron chi connectivity index (χ4n) is 2.98. The molecule has 1 aromatic carbocycles. The number of rotatable bonds is 4. The third-order valence-electron chi connectivity index (χ3n) is 4.24. The molecule has 1 saturated carbocycles. The van der Waals surface area contributed by atoms with Crippen LogP contribution in [-0.2, 0) is 6.42 Å². The van der Waals surface area contributed by atoms with Gasteiger partial charge < -0.3 is 5.73 Å². The number of nitrogens with two attached hydrogens (primary N) is 1. The molecule has 3 heteroatoms. The van der Waals surface area contributed by atoms with E-state index < -0.39 is 0 Å². The Balaban J connectivity index is 1.97. The molecule has 0 spiro atoms. The molecular formula is C15H21ClFN. The van der Waals surface area contributed by atoms with Crippen LogP contribution in [0.3, 0.4) is 0 Å². The Morgan fingerprint density at radius 3 is 2.83 bits per heavy atom. The molecule has 3 unspecified atom stereocenters. The summed E-state index contributed by atoms with van der Waals surface area (Å²) in [7, 11) is 0. The van der Waals surface area contributed by atoms with Crippen molar-refractivity contribution in [3.8, 4) is 0 Å². The maximum absolute atomic E-state index is 13.0. The maximum atomic E-state index is 13.0. The summed E-state index contributed by atoms with van der Waals surface area (Å²) in [4.78, 5) is 0. The van der Waals surface area contributed by atoms with E-state index in [1.54, 1.807) is 6.07 Å². The average Bonchev–Trinajstić information content (AvgIpc) is 2.81. The van der Waals surface area contributed by atoms with Crippen molar-refractivity contribution in [1.82, 2.24) is 0 Å². The van der Waals surface area contributed by atoms with Crippen molar-refractivity contribution < 1.29 is 4.39 Å². The van der Waals surface area contributed by atoms with Gasteiger partial charge in [-0.3, -0.25) is 0 Å². The van der Waals surface area contributed by atoms with Crippen molar-refractivity contribution in [2.24, 2.45) is 17.6 Å². The first-order chi connectivity index (χ1) is 8.60. The van der Waals surface area contributed by atoms with Gasteiger partial charge in [0, 0.05) is 11.1 Å². The van der Waals surface area contributed by atoms with E-state index in [2.05, 4.69) is 6.92 Å². The van der Waals surface area contributed by atoms with Gasteiger partial charge in [-0.1, -0.05) is 37.4 Å². The van der Waals surface area contributed by atoms with Crippen LogP contribution in [0, 0.1) is 17.7 Å². The largest absolute Gasteiger partial charge is 0.327 e. The molecule has 1 aliphatic carbocycles. The summed E-state index contributed by atoms with van der Waals surface area (Å²) < 4.78 is 13.0. The molecule has 3 atom stereocenters. The zero-order valence-corrected chi connectivity index (χ0v) is 11.6. The second-order valence-corrected chi connectivity index (χ2v) is 5.86. The zero-order valence-electron chi connectivity index (χ0n) is 10.8. The van der Waals surface area contributed by atoms with Gasteiger partial charge in [-0.2, -0.15) is 0 Å². The van der Waals surface area contributed by atoms with Crippen LogP contribution in [-0.4, -0.2) is 6.04 Å². The van der Waals surface area contributed by atoms with E-state index in [0.29, 0.717) is 10.9 Å². The maximum Gasteiger partial charge on any atom is 0.124 e. The molecule has 18 heavy (non-hydrogen) atoms. The van der Waals surface area contributed by atoms with Crippen LogP contribution in [0.1, 0.15) is 38.2 Å². The number of hydrogen-bond acceptors (Lipinski definition) is 1. The molecule has 1 nitrogen and oxygen atoms in total. The van der Waals surface area contributed by atoms with Crippen LogP contribution in [0.25, 0.3) is 0 Å². The van der Waals surface area contributed by atoms with Crippen LogP contribution < -0.4 is 5.73 Å². The van der Waals surface area contributed by atoms with Gasteiger partial charge in [0.1, 0.15) is 5.82 Å². The van der Waals surface area contributed by atoms with Crippen LogP contribution in [0.2, 0.25) is 5.02 Å². The molecule has 100 valence electrons. The van der Waals surface area contributed by atoms with Gasteiger partial charge in [0.2, 0.25) is 0 Å². The summed E-state index contributed by atoms with van der Waals surface area (Å²) in [6, 6.07) is 4.72. The lowest BCUT2D eigenvalue weighted by molar-refractivity contribution is 0.405. The van der Waals surface area contributed by atoms with Gasteiger partial charge in [0.05, 0.1) is 0 Å². The van der Waals surface area contributed by atoms with E-state index in [9.17, 15) is 4.39 Å². The van der Waals surface area contributed by atoms with Gasteiger partial charge in [-0.05, 0) is 48.8 Å². The molecule has 0 amide bonds. The predicted molar refractivity (Wildman–Crippen MR) is 74.2 cm³/mol. The second-order valence-electron chi connectivity index (χ2n) is 5.45. The first-order valence-electron chi connectivity index (χ1n) is 6.79. The monoisotopic (exact) mass is 269 g/mol. The summed E-state index contributed by atoms with van der Waals surface area (Å²) in [5.74, 6) is 1.14. The van der Waals surface area contributed by atoms with Crippen molar-refractivity contribution in [2.45, 2.75) is 45.1 Å². The highest BCUT2D eigenvalue weighted by Gasteiger charge is 2.28. The van der Waals surface area contributed by atoms with Crippen molar-refractivity contribution in [3.63, 3.8) is 0 Å². The minimum atomic E-state index is -0.288. The highest BCUT2D eigenvalue weighted by molar-refractivity contribution is 6.31. The fourth-order valence-corrected chi connectivity index (χ4v) is 3.23. The fraction of sp³-hybridized carbons (Fsp3) is 0.600. The average molecular weight is 270 g/mol. The van der Waals surface area contributed by atoms with Gasteiger partial charge in [0.15, 0.2) is 0 Å². The first kappa shape index (κ1) is 13.8.